The average molecular weight is 905 g/mol. The second-order valence-corrected chi connectivity index (χ2v) is 21.3. The van der Waals surface area contributed by atoms with E-state index in [1.807, 2.05) is 18.2 Å². The number of nitro benzene ring substituents is 1. The van der Waals surface area contributed by atoms with E-state index in [0.29, 0.717) is 24.5 Å². The molecule has 1 amide bonds. The van der Waals surface area contributed by atoms with Gasteiger partial charge in [-0.2, -0.15) is 10.6 Å². The van der Waals surface area contributed by atoms with Gasteiger partial charge in [-0.25, -0.2) is 23.1 Å². The predicted octanol–water partition coefficient (Wildman–Crippen LogP) is 8.21. The molecule has 2 aliphatic heterocycles. The van der Waals surface area contributed by atoms with Crippen LogP contribution >= 0.6 is 22.2 Å². The number of anilines is 2. The Kier molecular flexibility index (Phi) is 12.3. The Bertz CT molecular complexity index is 2640. The molecule has 0 saturated carbocycles. The Balaban J connectivity index is 1.01. The van der Waals surface area contributed by atoms with Crippen LogP contribution in [0.1, 0.15) is 49.0 Å². The van der Waals surface area contributed by atoms with Gasteiger partial charge in [0.1, 0.15) is 22.8 Å². The van der Waals surface area contributed by atoms with Gasteiger partial charge in [-0.3, -0.25) is 28.9 Å². The first-order valence-corrected chi connectivity index (χ1v) is 24.1. The Labute approximate surface area is 366 Å². The van der Waals surface area contributed by atoms with E-state index in [0.717, 1.165) is 67.1 Å². The van der Waals surface area contributed by atoms with Crippen molar-refractivity contribution in [3.63, 3.8) is 0 Å². The van der Waals surface area contributed by atoms with Gasteiger partial charge in [-0.05, 0) is 84.3 Å². The fourth-order valence-electron chi connectivity index (χ4n) is 8.15. The summed E-state index contributed by atoms with van der Waals surface area (Å²) in [5.74, 6) is -0.381. The highest BCUT2D eigenvalue weighted by atomic mass is 35.5. The number of sulfonamides is 1. The third-order valence-corrected chi connectivity index (χ3v) is 15.0. The standard InChI is InChI=1S/C43H49ClN8O8S2/c1-43(2)13-11-31(37(26-43)29-3-5-32(44)6-4-29)28-49-15-17-50(18-16-49)33-7-9-36(40(24-33)60-34-23-30-12-14-45-41(30)46-27-34)42(53)48-62(58,59)35-8-10-38(39(25-35)52(54)55)47-51-19-21-61(56,57)22-20-51/h3-10,12,14,23-25,27,47,56-57H,11,13,15-22,26,28H2,1-2H3,(H,45,46)(H,48,53). The molecule has 4 heterocycles. The van der Waals surface area contributed by atoms with Gasteiger partial charge in [0.05, 0.1) is 33.1 Å². The molecule has 1 aliphatic carbocycles. The van der Waals surface area contributed by atoms with Crippen molar-refractivity contribution < 1.29 is 32.0 Å². The summed E-state index contributed by atoms with van der Waals surface area (Å²) in [5.41, 5.74) is 8.00. The minimum atomic E-state index is -4.62. The van der Waals surface area contributed by atoms with Gasteiger partial charge < -0.3 is 20.0 Å². The molecule has 19 heteroatoms. The molecule has 5 aromatic rings. The van der Waals surface area contributed by atoms with Crippen molar-refractivity contribution in [2.24, 2.45) is 5.41 Å². The summed E-state index contributed by atoms with van der Waals surface area (Å²) in [4.78, 5) is 36.9. The molecule has 2 saturated heterocycles. The highest BCUT2D eigenvalue weighted by Crippen LogP contribution is 2.44. The molecule has 2 fully saturated rings. The lowest BCUT2D eigenvalue weighted by atomic mass is 9.72. The van der Waals surface area contributed by atoms with Gasteiger partial charge in [-0.1, -0.05) is 43.2 Å². The van der Waals surface area contributed by atoms with E-state index in [4.69, 9.17) is 16.3 Å². The maximum absolute atomic E-state index is 13.9. The maximum Gasteiger partial charge on any atom is 0.295 e. The molecule has 328 valence electrons. The van der Waals surface area contributed by atoms with Gasteiger partial charge in [0.15, 0.2) is 0 Å². The summed E-state index contributed by atoms with van der Waals surface area (Å²) in [5, 5.41) is 15.2. The Morgan fingerprint density at radius 2 is 1.74 bits per heavy atom. The van der Waals surface area contributed by atoms with Gasteiger partial charge in [0.2, 0.25) is 0 Å². The van der Waals surface area contributed by atoms with E-state index in [1.165, 1.54) is 35.0 Å². The monoisotopic (exact) mass is 904 g/mol. The SMILES string of the molecule is CC1(C)CCC(CN2CCN(c3ccc(C(=O)NS(=O)(=O)c4ccc(NN5CCS(O)(O)CC5)c([N+](=O)[O-])c4)c(Oc4cnc5[nH]ccc5c4)c3)CC2)=C(c2ccc(Cl)cc2)C1. The number of ether oxygens (including phenoxy) is 1. The van der Waals surface area contributed by atoms with Crippen molar-refractivity contribution >= 4 is 71.8 Å². The number of fused-ring (bicyclic) bond motifs is 1. The van der Waals surface area contributed by atoms with Crippen LogP contribution in [0.2, 0.25) is 5.02 Å². The number of H-pyrrole nitrogens is 1. The minimum Gasteiger partial charge on any atom is -0.455 e. The molecule has 5 N–H and O–H groups in total. The summed E-state index contributed by atoms with van der Waals surface area (Å²) >= 11 is 6.23. The van der Waals surface area contributed by atoms with Crippen LogP contribution < -0.4 is 19.8 Å². The fourth-order valence-corrected chi connectivity index (χ4v) is 10.5. The van der Waals surface area contributed by atoms with Crippen LogP contribution in [0.5, 0.6) is 11.5 Å². The number of carbonyl (C=O) groups is 1. The second kappa shape index (κ2) is 17.5. The molecular formula is C43H49ClN8O8S2. The van der Waals surface area contributed by atoms with Crippen LogP contribution in [-0.2, 0) is 10.0 Å². The summed E-state index contributed by atoms with van der Waals surface area (Å²) in [7, 11) is -7.33. The highest BCUT2D eigenvalue weighted by Gasteiger charge is 2.31. The van der Waals surface area contributed by atoms with Crippen LogP contribution in [0.15, 0.2) is 95.7 Å². The Morgan fingerprint density at radius 3 is 2.47 bits per heavy atom. The molecule has 0 spiro atoms. The number of pyridine rings is 1. The topological polar surface area (TPSA) is 206 Å². The largest absolute Gasteiger partial charge is 0.455 e. The predicted molar refractivity (Wildman–Crippen MR) is 243 cm³/mol. The molecular weight excluding hydrogens is 856 g/mol. The number of aromatic amines is 1. The molecule has 0 atom stereocenters. The van der Waals surface area contributed by atoms with Gasteiger partial charge in [0.25, 0.3) is 21.6 Å². The summed E-state index contributed by atoms with van der Waals surface area (Å²) in [6.07, 6.45) is 6.41. The van der Waals surface area contributed by atoms with Gasteiger partial charge >= 0.3 is 0 Å². The van der Waals surface area contributed by atoms with Crippen molar-refractivity contribution in [2.45, 2.75) is 38.0 Å². The summed E-state index contributed by atoms with van der Waals surface area (Å²) in [6, 6.07) is 20.0. The Hall–Kier alpha value is -5.21. The van der Waals surface area contributed by atoms with E-state index in [2.05, 4.69) is 55.9 Å². The zero-order valence-electron chi connectivity index (χ0n) is 34.3. The van der Waals surface area contributed by atoms with Gasteiger partial charge in [-0.15, -0.1) is 0 Å². The van der Waals surface area contributed by atoms with Crippen molar-refractivity contribution in [1.82, 2.24) is 24.6 Å². The number of hydrogen-bond acceptors (Lipinski definition) is 13. The average Bonchev–Trinajstić information content (AvgIpc) is 3.71. The van der Waals surface area contributed by atoms with Crippen molar-refractivity contribution in [3.8, 4) is 11.5 Å². The van der Waals surface area contributed by atoms with Crippen LogP contribution in [-0.4, -0.2) is 106 Å². The first-order valence-electron chi connectivity index (χ1n) is 20.3. The number of hydrazine groups is 1. The number of rotatable bonds is 12. The van der Waals surface area contributed by atoms with Crippen LogP contribution in [0, 0.1) is 15.5 Å². The molecule has 2 aromatic heterocycles. The zero-order chi connectivity index (χ0) is 43.8. The lowest BCUT2D eigenvalue weighted by Gasteiger charge is -2.41. The lowest BCUT2D eigenvalue weighted by molar-refractivity contribution is -0.384. The van der Waals surface area contributed by atoms with Crippen molar-refractivity contribution in [3.05, 3.63) is 117 Å². The molecule has 3 aliphatic rings. The molecule has 0 radical (unpaired) electrons. The Morgan fingerprint density at radius 1 is 1.00 bits per heavy atom. The molecule has 62 heavy (non-hydrogen) atoms. The zero-order valence-corrected chi connectivity index (χ0v) is 36.7. The van der Waals surface area contributed by atoms with E-state index < -0.39 is 42.0 Å². The third kappa shape index (κ3) is 10.0. The number of nitrogens with one attached hydrogen (secondary N) is 3. The number of nitro groups is 1. The van der Waals surface area contributed by atoms with E-state index >= 15 is 0 Å². The third-order valence-electron chi connectivity index (χ3n) is 11.7. The number of halogens is 1. The van der Waals surface area contributed by atoms with Crippen LogP contribution in [0.25, 0.3) is 16.6 Å². The summed E-state index contributed by atoms with van der Waals surface area (Å²) in [6.45, 7) is 8.97. The van der Waals surface area contributed by atoms with E-state index in [9.17, 15) is 32.4 Å². The fraction of sp³-hybridized carbons (Fsp3) is 0.349. The van der Waals surface area contributed by atoms with Crippen molar-refractivity contribution in [2.75, 3.05) is 67.6 Å². The number of nitrogens with zero attached hydrogens (tertiary/aromatic N) is 5. The first-order chi connectivity index (χ1) is 29.5. The van der Waals surface area contributed by atoms with Crippen LogP contribution in [0.3, 0.4) is 0 Å². The first kappa shape index (κ1) is 43.4. The quantitative estimate of drug-likeness (QED) is 0.0592. The summed E-state index contributed by atoms with van der Waals surface area (Å²) < 4.78 is 55.6. The second-order valence-electron chi connectivity index (χ2n) is 16.7. The highest BCUT2D eigenvalue weighted by molar-refractivity contribution is 8.24. The molecule has 0 bridgehead atoms. The lowest BCUT2D eigenvalue weighted by Crippen LogP contribution is -2.47. The number of carbonyl (C=O) groups excluding carboxylic acids is 1. The number of aromatic nitrogens is 2. The molecule has 3 aromatic carbocycles. The van der Waals surface area contributed by atoms with E-state index in [-0.39, 0.29) is 47.0 Å². The molecule has 8 rings (SSSR count). The number of hydrogen-bond donors (Lipinski definition) is 5. The number of amides is 1. The normalized spacial score (nSPS) is 19.0. The van der Waals surface area contributed by atoms with Crippen LogP contribution in [0.4, 0.5) is 17.1 Å². The molecule has 0 unspecified atom stereocenters. The molecule has 16 nitrogen and oxygen atoms in total. The number of benzene rings is 3. The maximum atomic E-state index is 13.9. The smallest absolute Gasteiger partial charge is 0.295 e. The number of piperazine rings is 1. The van der Waals surface area contributed by atoms with Crippen molar-refractivity contribution in [1.29, 1.82) is 0 Å². The minimum absolute atomic E-state index is 0.0107. The van der Waals surface area contributed by atoms with E-state index in [1.54, 1.807) is 29.4 Å². The number of allylic oxidation sites excluding steroid dienone is 1. The van der Waals surface area contributed by atoms with Gasteiger partial charge in [0, 0.05) is 80.2 Å².